The van der Waals surface area contributed by atoms with Crippen LogP contribution < -0.4 is 10.2 Å². The molecule has 0 heterocycles. The Labute approximate surface area is 159 Å². The number of hydrogen-bond acceptors (Lipinski definition) is 5. The lowest BCUT2D eigenvalue weighted by Crippen LogP contribution is -2.30. The monoisotopic (exact) mass is 365 g/mol. The number of benzene rings is 2. The summed E-state index contributed by atoms with van der Waals surface area (Å²) < 4.78 is 5.25. The van der Waals surface area contributed by atoms with E-state index in [4.69, 9.17) is 10.00 Å². The lowest BCUT2D eigenvalue weighted by molar-refractivity contribution is -0.123. The summed E-state index contributed by atoms with van der Waals surface area (Å²) in [5, 5.41) is 11.5. The number of amides is 1. The van der Waals surface area contributed by atoms with E-state index in [1.807, 2.05) is 18.2 Å². The molecular weight excluding hydrogens is 342 g/mol. The van der Waals surface area contributed by atoms with Gasteiger partial charge in [0.1, 0.15) is 0 Å². The number of nitrogens with one attached hydrogen (secondary N) is 1. The van der Waals surface area contributed by atoms with E-state index >= 15 is 0 Å². The van der Waals surface area contributed by atoms with Crippen molar-refractivity contribution < 1.29 is 14.3 Å². The van der Waals surface area contributed by atoms with Gasteiger partial charge in [-0.1, -0.05) is 6.07 Å². The minimum absolute atomic E-state index is 0.386. The summed E-state index contributed by atoms with van der Waals surface area (Å²) in [6, 6.07) is 15.6. The third kappa shape index (κ3) is 5.32. The second kappa shape index (κ2) is 9.39. The number of rotatable bonds is 7. The third-order valence-electron chi connectivity index (χ3n) is 4.14. The van der Waals surface area contributed by atoms with Crippen molar-refractivity contribution in [3.8, 4) is 6.07 Å². The molecule has 6 nitrogen and oxygen atoms in total. The van der Waals surface area contributed by atoms with E-state index in [1.54, 1.807) is 36.4 Å². The van der Waals surface area contributed by atoms with Crippen molar-refractivity contribution in [2.24, 2.45) is 0 Å². The Kier molecular flexibility index (Phi) is 6.95. The van der Waals surface area contributed by atoms with Gasteiger partial charge in [-0.15, -0.1) is 0 Å². The van der Waals surface area contributed by atoms with Crippen molar-refractivity contribution in [1.29, 1.82) is 5.26 Å². The van der Waals surface area contributed by atoms with E-state index in [2.05, 4.69) is 24.1 Å². The molecule has 2 aromatic rings. The van der Waals surface area contributed by atoms with E-state index in [0.29, 0.717) is 16.8 Å². The molecule has 140 valence electrons. The first-order valence-corrected chi connectivity index (χ1v) is 8.85. The average molecular weight is 365 g/mol. The topological polar surface area (TPSA) is 82.4 Å². The molecule has 0 spiro atoms. The lowest BCUT2D eigenvalue weighted by atomic mass is 10.2. The molecule has 6 heteroatoms. The molecule has 1 atom stereocenters. The standard InChI is InChI=1S/C21H23N3O3/c1-4-24(5-2)19-11-9-17(10-12-19)21(26)27-15(3)20(25)23-18-8-6-7-16(13-18)14-22/h6-13,15H,4-5H2,1-3H3,(H,23,25)/t15-/m1/s1. The van der Waals surface area contributed by atoms with Crippen molar-refractivity contribution in [1.82, 2.24) is 0 Å². The number of nitrogens with zero attached hydrogens (tertiary/aromatic N) is 2. The fourth-order valence-electron chi connectivity index (χ4n) is 2.59. The van der Waals surface area contributed by atoms with Crippen molar-refractivity contribution in [3.63, 3.8) is 0 Å². The minimum atomic E-state index is -0.967. The Hall–Kier alpha value is -3.33. The molecule has 0 fully saturated rings. The van der Waals surface area contributed by atoms with Crippen LogP contribution >= 0.6 is 0 Å². The number of anilines is 2. The molecule has 0 aliphatic rings. The highest BCUT2D eigenvalue weighted by Crippen LogP contribution is 2.16. The summed E-state index contributed by atoms with van der Waals surface area (Å²) in [6.45, 7) is 7.40. The molecule has 2 aromatic carbocycles. The van der Waals surface area contributed by atoms with E-state index in [1.165, 1.54) is 6.92 Å². The van der Waals surface area contributed by atoms with Gasteiger partial charge >= 0.3 is 5.97 Å². The van der Waals surface area contributed by atoms with E-state index < -0.39 is 18.0 Å². The van der Waals surface area contributed by atoms with Crippen LogP contribution in [0.25, 0.3) is 0 Å². The van der Waals surface area contributed by atoms with Crippen LogP contribution in [0.2, 0.25) is 0 Å². The SMILES string of the molecule is CCN(CC)c1ccc(C(=O)O[C@H](C)C(=O)Nc2cccc(C#N)c2)cc1. The highest BCUT2D eigenvalue weighted by molar-refractivity contribution is 5.97. The molecule has 27 heavy (non-hydrogen) atoms. The van der Waals surface area contributed by atoms with E-state index in [0.717, 1.165) is 18.8 Å². The van der Waals surface area contributed by atoms with Crippen LogP contribution in [0.15, 0.2) is 48.5 Å². The van der Waals surface area contributed by atoms with Crippen LogP contribution in [0.5, 0.6) is 0 Å². The zero-order valence-electron chi connectivity index (χ0n) is 15.7. The molecule has 1 amide bonds. The Morgan fingerprint density at radius 3 is 2.41 bits per heavy atom. The predicted molar refractivity (Wildman–Crippen MR) is 105 cm³/mol. The molecule has 0 saturated carbocycles. The van der Waals surface area contributed by atoms with Crippen LogP contribution in [0.4, 0.5) is 11.4 Å². The maximum Gasteiger partial charge on any atom is 0.338 e. The lowest BCUT2D eigenvalue weighted by Gasteiger charge is -2.21. The minimum Gasteiger partial charge on any atom is -0.449 e. The number of hydrogen-bond donors (Lipinski definition) is 1. The quantitative estimate of drug-likeness (QED) is 0.758. The van der Waals surface area contributed by atoms with Crippen LogP contribution in [0.1, 0.15) is 36.7 Å². The second-order valence-corrected chi connectivity index (χ2v) is 5.95. The van der Waals surface area contributed by atoms with Gasteiger partial charge in [0.05, 0.1) is 17.2 Å². The third-order valence-corrected chi connectivity index (χ3v) is 4.14. The molecule has 0 aliphatic carbocycles. The van der Waals surface area contributed by atoms with Gasteiger partial charge in [0.2, 0.25) is 0 Å². The first-order valence-electron chi connectivity index (χ1n) is 8.85. The van der Waals surface area contributed by atoms with Crippen LogP contribution in [-0.2, 0) is 9.53 Å². The van der Waals surface area contributed by atoms with Gasteiger partial charge in [-0.05, 0) is 63.2 Å². The smallest absolute Gasteiger partial charge is 0.338 e. The number of carbonyl (C=O) groups is 2. The largest absolute Gasteiger partial charge is 0.449 e. The maximum atomic E-state index is 12.3. The normalized spacial score (nSPS) is 11.2. The maximum absolute atomic E-state index is 12.3. The molecule has 1 N–H and O–H groups in total. The van der Waals surface area contributed by atoms with Gasteiger partial charge in [-0.25, -0.2) is 4.79 Å². The van der Waals surface area contributed by atoms with Crippen molar-refractivity contribution in [3.05, 3.63) is 59.7 Å². The molecule has 0 unspecified atom stereocenters. The van der Waals surface area contributed by atoms with Crippen LogP contribution in [-0.4, -0.2) is 31.1 Å². The van der Waals surface area contributed by atoms with Crippen LogP contribution in [0.3, 0.4) is 0 Å². The zero-order valence-corrected chi connectivity index (χ0v) is 15.7. The first-order chi connectivity index (χ1) is 13.0. The van der Waals surface area contributed by atoms with Gasteiger partial charge in [0.15, 0.2) is 6.10 Å². The number of ether oxygens (including phenoxy) is 1. The summed E-state index contributed by atoms with van der Waals surface area (Å²) in [5.74, 6) is -1.02. The summed E-state index contributed by atoms with van der Waals surface area (Å²) >= 11 is 0. The van der Waals surface area contributed by atoms with Gasteiger partial charge in [0.25, 0.3) is 5.91 Å². The Balaban J connectivity index is 1.97. The van der Waals surface area contributed by atoms with Crippen LogP contribution in [0, 0.1) is 11.3 Å². The van der Waals surface area contributed by atoms with Crippen molar-refractivity contribution in [2.75, 3.05) is 23.3 Å². The summed E-state index contributed by atoms with van der Waals surface area (Å²) in [4.78, 5) is 26.7. The summed E-state index contributed by atoms with van der Waals surface area (Å²) in [7, 11) is 0. The molecule has 0 saturated heterocycles. The number of carbonyl (C=O) groups excluding carboxylic acids is 2. The number of esters is 1. The number of nitriles is 1. The fraction of sp³-hybridized carbons (Fsp3) is 0.286. The van der Waals surface area contributed by atoms with Crippen molar-refractivity contribution >= 4 is 23.3 Å². The molecule has 0 aliphatic heterocycles. The first kappa shape index (κ1) is 20.0. The van der Waals surface area contributed by atoms with Crippen molar-refractivity contribution in [2.45, 2.75) is 26.9 Å². The molecule has 0 aromatic heterocycles. The van der Waals surface area contributed by atoms with Gasteiger partial charge in [-0.3, -0.25) is 4.79 Å². The van der Waals surface area contributed by atoms with Gasteiger partial charge < -0.3 is 15.0 Å². The van der Waals surface area contributed by atoms with E-state index in [9.17, 15) is 9.59 Å². The average Bonchev–Trinajstić information content (AvgIpc) is 2.69. The summed E-state index contributed by atoms with van der Waals surface area (Å²) in [6.07, 6.45) is -0.967. The van der Waals surface area contributed by atoms with Gasteiger partial charge in [-0.2, -0.15) is 5.26 Å². The molecule has 0 bridgehead atoms. The van der Waals surface area contributed by atoms with E-state index in [-0.39, 0.29) is 0 Å². The fourth-order valence-corrected chi connectivity index (χ4v) is 2.59. The Bertz CT molecular complexity index is 836. The highest BCUT2D eigenvalue weighted by Gasteiger charge is 2.19. The Morgan fingerprint density at radius 1 is 1.15 bits per heavy atom. The summed E-state index contributed by atoms with van der Waals surface area (Å²) in [5.41, 5.74) is 2.33. The molecule has 2 rings (SSSR count). The zero-order chi connectivity index (χ0) is 19.8. The Morgan fingerprint density at radius 2 is 1.81 bits per heavy atom. The molecule has 0 radical (unpaired) electrons. The second-order valence-electron chi connectivity index (χ2n) is 5.95. The highest BCUT2D eigenvalue weighted by atomic mass is 16.5. The molecular formula is C21H23N3O3. The van der Waals surface area contributed by atoms with Gasteiger partial charge in [0, 0.05) is 24.5 Å². The predicted octanol–water partition coefficient (Wildman–Crippen LogP) is 3.59.